The first kappa shape index (κ1) is 15.7. The molecule has 0 aliphatic carbocycles. The molecule has 4 heteroatoms. The van der Waals surface area contributed by atoms with Gasteiger partial charge in [-0.3, -0.25) is 4.79 Å². The van der Waals surface area contributed by atoms with Crippen LogP contribution in [0.5, 0.6) is 0 Å². The molecule has 0 atom stereocenters. The summed E-state index contributed by atoms with van der Waals surface area (Å²) >= 11 is 0. The maximum Gasteiger partial charge on any atom is 0.254 e. The molecule has 1 amide bonds. The number of hydrogen-bond acceptors (Lipinski definition) is 3. The Morgan fingerprint density at radius 2 is 1.82 bits per heavy atom. The van der Waals surface area contributed by atoms with Crippen LogP contribution in [-0.4, -0.2) is 31.1 Å². The van der Waals surface area contributed by atoms with Gasteiger partial charge in [0.2, 0.25) is 0 Å². The topological polar surface area (TPSA) is 53.3 Å². The van der Waals surface area contributed by atoms with E-state index in [2.05, 4.69) is 6.07 Å². The molecule has 0 aromatic heterocycles. The van der Waals surface area contributed by atoms with E-state index in [0.717, 1.165) is 5.56 Å². The van der Waals surface area contributed by atoms with E-state index in [1.807, 2.05) is 30.3 Å². The molecule has 0 N–H and O–H groups in total. The van der Waals surface area contributed by atoms with E-state index in [9.17, 15) is 4.79 Å². The van der Waals surface area contributed by atoms with Gasteiger partial charge in [0.05, 0.1) is 18.2 Å². The average molecular weight is 294 g/mol. The Bertz CT molecular complexity index is 645. The highest BCUT2D eigenvalue weighted by Crippen LogP contribution is 2.11. The van der Waals surface area contributed by atoms with E-state index >= 15 is 0 Å². The monoisotopic (exact) mass is 294 g/mol. The van der Waals surface area contributed by atoms with Crippen LogP contribution < -0.4 is 0 Å². The maximum atomic E-state index is 12.6. The molecule has 0 saturated carbocycles. The molecule has 2 rings (SSSR count). The molecule has 0 fully saturated rings. The number of carbonyl (C=O) groups is 1. The van der Waals surface area contributed by atoms with Crippen molar-refractivity contribution in [3.63, 3.8) is 0 Å². The second-order valence-corrected chi connectivity index (χ2v) is 4.89. The summed E-state index contributed by atoms with van der Waals surface area (Å²) in [5.41, 5.74) is 2.19. The largest absolute Gasteiger partial charge is 0.383 e. The van der Waals surface area contributed by atoms with Crippen molar-refractivity contribution < 1.29 is 9.53 Å². The van der Waals surface area contributed by atoms with E-state index in [1.54, 1.807) is 36.3 Å². The van der Waals surface area contributed by atoms with Crippen LogP contribution in [0.25, 0.3) is 0 Å². The molecule has 4 nitrogen and oxygen atoms in total. The molecular weight excluding hydrogens is 276 g/mol. The first-order chi connectivity index (χ1) is 10.7. The average Bonchev–Trinajstić information content (AvgIpc) is 2.59. The molecule has 2 aromatic carbocycles. The fourth-order valence-electron chi connectivity index (χ4n) is 2.13. The molecule has 0 spiro atoms. The first-order valence-corrected chi connectivity index (χ1v) is 7.07. The lowest BCUT2D eigenvalue weighted by Gasteiger charge is -2.22. The standard InChI is InChI=1S/C18H18N2O2/c1-22-12-11-20(14-16-5-3-2-4-6-16)18(21)17-9-7-15(13-19)8-10-17/h2-10H,11-12,14H2,1H3. The molecule has 0 aliphatic heterocycles. The Morgan fingerprint density at radius 1 is 1.14 bits per heavy atom. The van der Waals surface area contributed by atoms with Crippen LogP contribution in [0.3, 0.4) is 0 Å². The summed E-state index contributed by atoms with van der Waals surface area (Å²) in [5, 5.41) is 8.83. The Kier molecular flexibility index (Phi) is 5.70. The molecule has 0 saturated heterocycles. The van der Waals surface area contributed by atoms with Gasteiger partial charge in [-0.15, -0.1) is 0 Å². The lowest BCUT2D eigenvalue weighted by Crippen LogP contribution is -2.33. The van der Waals surface area contributed by atoms with Crippen molar-refractivity contribution in [1.29, 1.82) is 5.26 Å². The number of methoxy groups -OCH3 is 1. The van der Waals surface area contributed by atoms with Gasteiger partial charge in [-0.2, -0.15) is 5.26 Å². The Balaban J connectivity index is 2.16. The number of amides is 1. The minimum absolute atomic E-state index is 0.0645. The van der Waals surface area contributed by atoms with Crippen LogP contribution in [-0.2, 0) is 11.3 Å². The number of benzene rings is 2. The summed E-state index contributed by atoms with van der Waals surface area (Å²) in [4.78, 5) is 14.4. The van der Waals surface area contributed by atoms with Crippen LogP contribution in [0, 0.1) is 11.3 Å². The van der Waals surface area contributed by atoms with Crippen molar-refractivity contribution in [2.24, 2.45) is 0 Å². The predicted molar refractivity (Wildman–Crippen MR) is 84.2 cm³/mol. The molecule has 22 heavy (non-hydrogen) atoms. The van der Waals surface area contributed by atoms with Gasteiger partial charge in [0.1, 0.15) is 0 Å². The number of nitrogens with zero attached hydrogens (tertiary/aromatic N) is 2. The van der Waals surface area contributed by atoms with Crippen molar-refractivity contribution in [1.82, 2.24) is 4.90 Å². The molecule has 0 bridgehead atoms. The van der Waals surface area contributed by atoms with Crippen LogP contribution in [0.15, 0.2) is 54.6 Å². The third-order valence-electron chi connectivity index (χ3n) is 3.33. The minimum atomic E-state index is -0.0645. The fourth-order valence-corrected chi connectivity index (χ4v) is 2.13. The van der Waals surface area contributed by atoms with Gasteiger partial charge < -0.3 is 9.64 Å². The van der Waals surface area contributed by atoms with Crippen molar-refractivity contribution in [2.75, 3.05) is 20.3 Å². The van der Waals surface area contributed by atoms with Crippen molar-refractivity contribution in [3.8, 4) is 6.07 Å². The second kappa shape index (κ2) is 7.96. The highest BCUT2D eigenvalue weighted by Gasteiger charge is 2.15. The summed E-state index contributed by atoms with van der Waals surface area (Å²) in [7, 11) is 1.62. The summed E-state index contributed by atoms with van der Waals surface area (Å²) < 4.78 is 5.10. The third kappa shape index (κ3) is 4.18. The number of carbonyl (C=O) groups excluding carboxylic acids is 1. The summed E-state index contributed by atoms with van der Waals surface area (Å²) in [5.74, 6) is -0.0645. The van der Waals surface area contributed by atoms with E-state index in [1.165, 1.54) is 0 Å². The quantitative estimate of drug-likeness (QED) is 0.823. The van der Waals surface area contributed by atoms with Gasteiger partial charge in [0, 0.05) is 25.8 Å². The normalized spacial score (nSPS) is 10.0. The van der Waals surface area contributed by atoms with Crippen LogP contribution in [0.2, 0.25) is 0 Å². The first-order valence-electron chi connectivity index (χ1n) is 7.07. The minimum Gasteiger partial charge on any atom is -0.383 e. The highest BCUT2D eigenvalue weighted by molar-refractivity contribution is 5.94. The predicted octanol–water partition coefficient (Wildman–Crippen LogP) is 2.85. The Labute approximate surface area is 130 Å². The fraction of sp³-hybridized carbons (Fsp3) is 0.222. The molecule has 0 radical (unpaired) electrons. The van der Waals surface area contributed by atoms with Crippen molar-refractivity contribution in [2.45, 2.75) is 6.54 Å². The highest BCUT2D eigenvalue weighted by atomic mass is 16.5. The van der Waals surface area contributed by atoms with Crippen molar-refractivity contribution >= 4 is 5.91 Å². The number of rotatable bonds is 6. The van der Waals surface area contributed by atoms with Gasteiger partial charge in [0.25, 0.3) is 5.91 Å². The van der Waals surface area contributed by atoms with E-state index in [0.29, 0.717) is 30.8 Å². The molecule has 2 aromatic rings. The lowest BCUT2D eigenvalue weighted by atomic mass is 10.1. The summed E-state index contributed by atoms with van der Waals surface area (Å²) in [6.45, 7) is 1.53. The maximum absolute atomic E-state index is 12.6. The second-order valence-electron chi connectivity index (χ2n) is 4.89. The molecule has 0 aliphatic rings. The van der Waals surface area contributed by atoms with Crippen LogP contribution in [0.1, 0.15) is 21.5 Å². The zero-order valence-corrected chi connectivity index (χ0v) is 12.5. The smallest absolute Gasteiger partial charge is 0.254 e. The lowest BCUT2D eigenvalue weighted by molar-refractivity contribution is 0.0680. The number of hydrogen-bond donors (Lipinski definition) is 0. The molecule has 0 unspecified atom stereocenters. The van der Waals surface area contributed by atoms with Gasteiger partial charge in [-0.05, 0) is 29.8 Å². The van der Waals surface area contributed by atoms with Gasteiger partial charge in [-0.25, -0.2) is 0 Å². The summed E-state index contributed by atoms with van der Waals surface area (Å²) in [6, 6.07) is 18.6. The Morgan fingerprint density at radius 3 is 2.41 bits per heavy atom. The molecular formula is C18H18N2O2. The third-order valence-corrected chi connectivity index (χ3v) is 3.33. The van der Waals surface area contributed by atoms with E-state index in [-0.39, 0.29) is 5.91 Å². The van der Waals surface area contributed by atoms with Crippen LogP contribution >= 0.6 is 0 Å². The zero-order chi connectivity index (χ0) is 15.8. The van der Waals surface area contributed by atoms with E-state index < -0.39 is 0 Å². The Hall–Kier alpha value is -2.64. The van der Waals surface area contributed by atoms with Gasteiger partial charge in [-0.1, -0.05) is 30.3 Å². The van der Waals surface area contributed by atoms with Gasteiger partial charge in [0.15, 0.2) is 0 Å². The van der Waals surface area contributed by atoms with Gasteiger partial charge >= 0.3 is 0 Å². The molecule has 0 heterocycles. The SMILES string of the molecule is COCCN(Cc1ccccc1)C(=O)c1ccc(C#N)cc1. The van der Waals surface area contributed by atoms with E-state index in [4.69, 9.17) is 10.00 Å². The van der Waals surface area contributed by atoms with Crippen molar-refractivity contribution in [3.05, 3.63) is 71.3 Å². The molecule has 112 valence electrons. The number of ether oxygens (including phenoxy) is 1. The van der Waals surface area contributed by atoms with Crippen LogP contribution in [0.4, 0.5) is 0 Å². The number of nitriles is 1. The zero-order valence-electron chi connectivity index (χ0n) is 12.5. The summed E-state index contributed by atoms with van der Waals surface area (Å²) in [6.07, 6.45) is 0.